The lowest BCUT2D eigenvalue weighted by molar-refractivity contribution is 0.282. The molecule has 0 aromatic carbocycles. The summed E-state index contributed by atoms with van der Waals surface area (Å²) in [5, 5.41) is 12.1. The summed E-state index contributed by atoms with van der Waals surface area (Å²) in [5.74, 6) is 8.21. The molecule has 0 bridgehead atoms. The first-order chi connectivity index (χ1) is 8.72. The highest BCUT2D eigenvalue weighted by Gasteiger charge is 2.27. The van der Waals surface area contributed by atoms with E-state index in [1.54, 1.807) is 6.07 Å². The molecular weight excluding hydrogens is 230 g/mol. The van der Waals surface area contributed by atoms with Crippen LogP contribution in [0.3, 0.4) is 0 Å². The Labute approximate surface area is 107 Å². The van der Waals surface area contributed by atoms with E-state index in [4.69, 9.17) is 10.9 Å². The molecule has 1 fully saturated rings. The maximum atomic E-state index is 8.81. The minimum absolute atomic E-state index is 0.221. The molecule has 6 heteroatoms. The van der Waals surface area contributed by atoms with E-state index in [0.29, 0.717) is 11.7 Å². The minimum Gasteiger partial charge on any atom is -0.396 e. The maximum absolute atomic E-state index is 8.81. The third-order valence-electron chi connectivity index (χ3n) is 3.02. The molecule has 1 atom stereocenters. The summed E-state index contributed by atoms with van der Waals surface area (Å²) in [6.07, 6.45) is 4.02. The summed E-state index contributed by atoms with van der Waals surface area (Å²) < 4.78 is 0. The molecule has 18 heavy (non-hydrogen) atoms. The van der Waals surface area contributed by atoms with Crippen molar-refractivity contribution < 1.29 is 5.11 Å². The third-order valence-corrected chi connectivity index (χ3v) is 3.02. The van der Waals surface area contributed by atoms with Crippen LogP contribution in [0.25, 0.3) is 0 Å². The van der Waals surface area contributed by atoms with Gasteiger partial charge < -0.3 is 15.8 Å². The quantitative estimate of drug-likeness (QED) is 0.430. The second-order valence-corrected chi connectivity index (χ2v) is 4.83. The second-order valence-electron chi connectivity index (χ2n) is 4.83. The monoisotopic (exact) mass is 251 g/mol. The Morgan fingerprint density at radius 2 is 2.17 bits per heavy atom. The lowest BCUT2D eigenvalue weighted by atomic mass is 10.2. The van der Waals surface area contributed by atoms with Crippen molar-refractivity contribution >= 4 is 11.6 Å². The van der Waals surface area contributed by atoms with E-state index in [0.717, 1.165) is 37.3 Å². The van der Waals surface area contributed by atoms with E-state index in [2.05, 4.69) is 27.6 Å². The van der Waals surface area contributed by atoms with Gasteiger partial charge in [-0.2, -0.15) is 0 Å². The van der Waals surface area contributed by atoms with Crippen LogP contribution in [0, 0.1) is 0 Å². The first kappa shape index (κ1) is 13.0. The summed E-state index contributed by atoms with van der Waals surface area (Å²) in [6.45, 7) is 2.29. The van der Waals surface area contributed by atoms with Gasteiger partial charge in [-0.15, -0.1) is 0 Å². The Morgan fingerprint density at radius 3 is 2.78 bits per heavy atom. The van der Waals surface area contributed by atoms with E-state index in [9.17, 15) is 0 Å². The highest BCUT2D eigenvalue weighted by atomic mass is 16.2. The molecule has 1 saturated carbocycles. The third kappa shape index (κ3) is 3.54. The molecule has 0 spiro atoms. The number of hydrazine groups is 1. The lowest BCUT2D eigenvalue weighted by Crippen LogP contribution is -2.18. The van der Waals surface area contributed by atoms with Crippen LogP contribution in [-0.2, 0) is 0 Å². The van der Waals surface area contributed by atoms with Crippen molar-refractivity contribution in [2.24, 2.45) is 5.84 Å². The summed E-state index contributed by atoms with van der Waals surface area (Å²) in [6, 6.07) is 2.08. The van der Waals surface area contributed by atoms with Crippen LogP contribution in [0.15, 0.2) is 6.07 Å². The van der Waals surface area contributed by atoms with Crippen LogP contribution in [0.5, 0.6) is 0 Å². The first-order valence-corrected chi connectivity index (χ1v) is 6.46. The molecule has 100 valence electrons. The minimum atomic E-state index is 0.221. The van der Waals surface area contributed by atoms with Crippen molar-refractivity contribution in [2.45, 2.75) is 44.6 Å². The van der Waals surface area contributed by atoms with Crippen molar-refractivity contribution in [3.63, 3.8) is 0 Å². The van der Waals surface area contributed by atoms with Gasteiger partial charge in [0.1, 0.15) is 17.5 Å². The highest BCUT2D eigenvalue weighted by molar-refractivity contribution is 5.48. The Morgan fingerprint density at radius 1 is 1.44 bits per heavy atom. The predicted molar refractivity (Wildman–Crippen MR) is 71.2 cm³/mol. The Bertz CT molecular complexity index is 394. The zero-order valence-electron chi connectivity index (χ0n) is 10.7. The molecule has 6 nitrogen and oxygen atoms in total. The van der Waals surface area contributed by atoms with E-state index in [1.807, 2.05) is 0 Å². The number of aliphatic hydroxyl groups excluding tert-OH is 1. The standard InChI is InChI=1S/C12H21N5O/c1-8(3-2-6-18)14-10-7-11(17-13)16-12(15-10)9-4-5-9/h7-9,18H,2-6,13H2,1H3,(H2,14,15,16,17). The van der Waals surface area contributed by atoms with Crippen molar-refractivity contribution in [3.05, 3.63) is 11.9 Å². The molecule has 1 aromatic rings. The lowest BCUT2D eigenvalue weighted by Gasteiger charge is -2.15. The Hall–Kier alpha value is -1.40. The van der Waals surface area contributed by atoms with Crippen molar-refractivity contribution in [1.82, 2.24) is 9.97 Å². The smallest absolute Gasteiger partial charge is 0.145 e. The van der Waals surface area contributed by atoms with Crippen molar-refractivity contribution in [2.75, 3.05) is 17.3 Å². The van der Waals surface area contributed by atoms with E-state index in [1.165, 1.54) is 0 Å². The number of hydrogen-bond donors (Lipinski definition) is 4. The molecule has 1 aliphatic rings. The van der Waals surface area contributed by atoms with Gasteiger partial charge >= 0.3 is 0 Å². The van der Waals surface area contributed by atoms with Gasteiger partial charge in [-0.1, -0.05) is 0 Å². The van der Waals surface area contributed by atoms with Gasteiger partial charge in [0.05, 0.1) is 0 Å². The number of nitrogens with zero attached hydrogens (tertiary/aromatic N) is 2. The van der Waals surface area contributed by atoms with Gasteiger partial charge in [0, 0.05) is 24.6 Å². The molecule has 0 saturated heterocycles. The average Bonchev–Trinajstić information content (AvgIpc) is 3.20. The molecule has 0 amide bonds. The summed E-state index contributed by atoms with van der Waals surface area (Å²) in [4.78, 5) is 8.87. The van der Waals surface area contributed by atoms with Gasteiger partial charge in [0.2, 0.25) is 0 Å². The number of nitrogens with two attached hydrogens (primary N) is 1. The molecule has 1 aromatic heterocycles. The van der Waals surface area contributed by atoms with Crippen LogP contribution in [0.2, 0.25) is 0 Å². The molecular formula is C12H21N5O. The van der Waals surface area contributed by atoms with E-state index >= 15 is 0 Å². The molecule has 5 N–H and O–H groups in total. The number of hydrogen-bond acceptors (Lipinski definition) is 6. The Balaban J connectivity index is 2.04. The number of nitrogen functional groups attached to an aromatic ring is 1. The molecule has 2 rings (SSSR count). The number of aromatic nitrogens is 2. The van der Waals surface area contributed by atoms with E-state index in [-0.39, 0.29) is 12.6 Å². The number of nitrogens with one attached hydrogen (secondary N) is 2. The molecule has 0 aliphatic heterocycles. The zero-order chi connectivity index (χ0) is 13.0. The largest absolute Gasteiger partial charge is 0.396 e. The van der Waals surface area contributed by atoms with Crippen LogP contribution in [0.1, 0.15) is 44.3 Å². The van der Waals surface area contributed by atoms with Crippen LogP contribution < -0.4 is 16.6 Å². The normalized spacial score (nSPS) is 16.4. The number of anilines is 2. The highest BCUT2D eigenvalue weighted by Crippen LogP contribution is 2.38. The van der Waals surface area contributed by atoms with Crippen LogP contribution >= 0.6 is 0 Å². The number of aliphatic hydroxyl groups is 1. The zero-order valence-corrected chi connectivity index (χ0v) is 10.7. The van der Waals surface area contributed by atoms with Gasteiger partial charge in [0.15, 0.2) is 0 Å². The van der Waals surface area contributed by atoms with Crippen molar-refractivity contribution in [3.8, 4) is 0 Å². The SMILES string of the molecule is CC(CCCO)Nc1cc(NN)nc(C2CC2)n1. The molecule has 1 unspecified atom stereocenters. The second kappa shape index (κ2) is 5.97. The number of rotatable bonds is 7. The van der Waals surface area contributed by atoms with Crippen LogP contribution in [-0.4, -0.2) is 27.7 Å². The molecule has 1 aliphatic carbocycles. The van der Waals surface area contributed by atoms with Gasteiger partial charge in [-0.25, -0.2) is 15.8 Å². The fourth-order valence-corrected chi connectivity index (χ4v) is 1.86. The topological polar surface area (TPSA) is 96.1 Å². The average molecular weight is 251 g/mol. The Kier molecular flexibility index (Phi) is 4.33. The fraction of sp³-hybridized carbons (Fsp3) is 0.667. The molecule has 0 radical (unpaired) electrons. The summed E-state index contributed by atoms with van der Waals surface area (Å²) >= 11 is 0. The summed E-state index contributed by atoms with van der Waals surface area (Å²) in [5.41, 5.74) is 2.58. The first-order valence-electron chi connectivity index (χ1n) is 6.46. The maximum Gasteiger partial charge on any atom is 0.145 e. The van der Waals surface area contributed by atoms with Gasteiger partial charge in [-0.3, -0.25) is 0 Å². The van der Waals surface area contributed by atoms with E-state index < -0.39 is 0 Å². The molecule has 1 heterocycles. The van der Waals surface area contributed by atoms with Crippen LogP contribution in [0.4, 0.5) is 11.6 Å². The van der Waals surface area contributed by atoms with Crippen molar-refractivity contribution in [1.29, 1.82) is 0 Å². The predicted octanol–water partition coefficient (Wildman–Crippen LogP) is 1.21. The van der Waals surface area contributed by atoms with Gasteiger partial charge in [-0.05, 0) is 32.6 Å². The fourth-order valence-electron chi connectivity index (χ4n) is 1.86. The summed E-state index contributed by atoms with van der Waals surface area (Å²) in [7, 11) is 0. The van der Waals surface area contributed by atoms with Gasteiger partial charge in [0.25, 0.3) is 0 Å².